The number of Topliss-reactive ketones (excluding diaryl/α,β-unsaturated/α-hetero) is 1. The molecule has 2 aromatic rings. The highest BCUT2D eigenvalue weighted by Crippen LogP contribution is 2.21. The minimum atomic E-state index is -0.536. The van der Waals surface area contributed by atoms with E-state index in [4.69, 9.17) is 9.47 Å². The summed E-state index contributed by atoms with van der Waals surface area (Å²) in [5, 5.41) is 0. The summed E-state index contributed by atoms with van der Waals surface area (Å²) in [7, 11) is 1.65. The molecule has 0 radical (unpaired) electrons. The first-order chi connectivity index (χ1) is 12.8. The molecule has 0 N–H and O–H groups in total. The summed E-state index contributed by atoms with van der Waals surface area (Å²) in [6.07, 6.45) is 3.02. The lowest BCUT2D eigenvalue weighted by Crippen LogP contribution is -2.16. The van der Waals surface area contributed by atoms with Gasteiger partial charge in [0.25, 0.3) is 0 Å². The Balaban J connectivity index is 1.99. The molecule has 0 fully saturated rings. The van der Waals surface area contributed by atoms with Crippen LogP contribution in [0.2, 0.25) is 0 Å². The molecule has 1 heterocycles. The molecule has 2 rings (SSSR count). The second-order valence-corrected chi connectivity index (χ2v) is 6.74. The molecule has 0 amide bonds. The normalized spacial score (nSPS) is 12.3. The fourth-order valence-corrected chi connectivity index (χ4v) is 3.25. The van der Waals surface area contributed by atoms with Crippen molar-refractivity contribution in [3.05, 3.63) is 64.5 Å². The van der Waals surface area contributed by atoms with Crippen LogP contribution in [-0.2, 0) is 14.3 Å². The number of benzene rings is 1. The molecule has 0 spiro atoms. The second kappa shape index (κ2) is 9.33. The minimum absolute atomic E-state index is 0.122. The van der Waals surface area contributed by atoms with Gasteiger partial charge in [-0.2, -0.15) is 0 Å². The quantitative estimate of drug-likeness (QED) is 0.400. The number of carbonyl (C=O) groups excluding carboxylic acids is 2. The van der Waals surface area contributed by atoms with E-state index in [1.54, 1.807) is 13.2 Å². The number of hydrogen-bond acceptors (Lipinski definition) is 4. The van der Waals surface area contributed by atoms with Crippen LogP contribution in [0, 0.1) is 20.8 Å². The molecule has 0 unspecified atom stereocenters. The number of methoxy groups -OCH3 is 1. The van der Waals surface area contributed by atoms with Gasteiger partial charge in [-0.1, -0.05) is 29.8 Å². The van der Waals surface area contributed by atoms with Gasteiger partial charge in [-0.15, -0.1) is 0 Å². The van der Waals surface area contributed by atoms with Crippen molar-refractivity contribution in [1.29, 1.82) is 0 Å². The Morgan fingerprint density at radius 2 is 1.93 bits per heavy atom. The summed E-state index contributed by atoms with van der Waals surface area (Å²) < 4.78 is 12.4. The highest BCUT2D eigenvalue weighted by molar-refractivity contribution is 6.00. The van der Waals surface area contributed by atoms with Gasteiger partial charge in [0.2, 0.25) is 5.78 Å². The molecule has 0 aliphatic rings. The first kappa shape index (κ1) is 20.6. The maximum absolute atomic E-state index is 12.5. The molecular formula is C22H27NO4. The van der Waals surface area contributed by atoms with E-state index in [9.17, 15) is 9.59 Å². The molecule has 5 nitrogen and oxygen atoms in total. The van der Waals surface area contributed by atoms with Crippen molar-refractivity contribution in [1.82, 2.24) is 4.57 Å². The van der Waals surface area contributed by atoms with Crippen LogP contribution < -0.4 is 0 Å². The smallest absolute Gasteiger partial charge is 0.331 e. The van der Waals surface area contributed by atoms with Crippen LogP contribution in [0.5, 0.6) is 0 Å². The summed E-state index contributed by atoms with van der Waals surface area (Å²) in [4.78, 5) is 24.4. The van der Waals surface area contributed by atoms with Crippen LogP contribution in [0.3, 0.4) is 0 Å². The standard InChI is InChI=1S/C22H27NO4/c1-15-7-6-8-19(11-15)9-10-22(25)27-14-21(24)20-12-16(2)23(18(20)4)17(3)13-26-5/h6-12,17H,13-14H2,1-5H3/b10-9+/t17-/m0/s1. The van der Waals surface area contributed by atoms with Crippen molar-refractivity contribution in [3.8, 4) is 0 Å². The van der Waals surface area contributed by atoms with Crippen LogP contribution in [-0.4, -0.2) is 36.6 Å². The molecule has 27 heavy (non-hydrogen) atoms. The number of ether oxygens (including phenoxy) is 2. The fraction of sp³-hybridized carbons (Fsp3) is 0.364. The average Bonchev–Trinajstić information content (AvgIpc) is 2.92. The Bertz CT molecular complexity index is 848. The maximum atomic E-state index is 12.5. The largest absolute Gasteiger partial charge is 0.454 e. The topological polar surface area (TPSA) is 57.5 Å². The number of aromatic nitrogens is 1. The van der Waals surface area contributed by atoms with E-state index in [0.29, 0.717) is 12.2 Å². The number of ketones is 1. The SMILES string of the molecule is COC[C@H](C)n1c(C)cc(C(=O)COC(=O)/C=C/c2cccc(C)c2)c1C. The molecular weight excluding hydrogens is 342 g/mol. The highest BCUT2D eigenvalue weighted by atomic mass is 16.5. The van der Waals surface area contributed by atoms with Crippen molar-refractivity contribution < 1.29 is 19.1 Å². The van der Waals surface area contributed by atoms with Gasteiger partial charge >= 0.3 is 5.97 Å². The van der Waals surface area contributed by atoms with Gasteiger partial charge in [0, 0.05) is 30.1 Å². The molecule has 1 atom stereocenters. The van der Waals surface area contributed by atoms with Gasteiger partial charge in [0.15, 0.2) is 6.61 Å². The monoisotopic (exact) mass is 369 g/mol. The lowest BCUT2D eigenvalue weighted by Gasteiger charge is -2.17. The van der Waals surface area contributed by atoms with Crippen LogP contribution in [0.25, 0.3) is 6.08 Å². The van der Waals surface area contributed by atoms with E-state index in [1.807, 2.05) is 58.0 Å². The van der Waals surface area contributed by atoms with Gasteiger partial charge in [-0.3, -0.25) is 4.79 Å². The van der Waals surface area contributed by atoms with E-state index in [1.165, 1.54) is 6.08 Å². The molecule has 1 aromatic carbocycles. The molecule has 0 saturated carbocycles. The van der Waals surface area contributed by atoms with Crippen LogP contribution in [0.4, 0.5) is 0 Å². The molecule has 0 aliphatic carbocycles. The zero-order valence-corrected chi connectivity index (χ0v) is 16.6. The van der Waals surface area contributed by atoms with Gasteiger partial charge in [0.05, 0.1) is 12.6 Å². The van der Waals surface area contributed by atoms with Crippen molar-refractivity contribution in [2.45, 2.75) is 33.7 Å². The Kier molecular flexibility index (Phi) is 7.13. The average molecular weight is 369 g/mol. The van der Waals surface area contributed by atoms with Crippen LogP contribution in [0.15, 0.2) is 36.4 Å². The highest BCUT2D eigenvalue weighted by Gasteiger charge is 2.19. The fourth-order valence-electron chi connectivity index (χ4n) is 3.25. The Labute approximate surface area is 160 Å². The maximum Gasteiger partial charge on any atom is 0.331 e. The molecule has 0 saturated heterocycles. The van der Waals surface area contributed by atoms with E-state index in [-0.39, 0.29) is 18.4 Å². The van der Waals surface area contributed by atoms with E-state index in [0.717, 1.165) is 22.5 Å². The van der Waals surface area contributed by atoms with Gasteiger partial charge in [-0.25, -0.2) is 4.79 Å². The van der Waals surface area contributed by atoms with E-state index in [2.05, 4.69) is 4.57 Å². The van der Waals surface area contributed by atoms with Crippen molar-refractivity contribution >= 4 is 17.8 Å². The summed E-state index contributed by atoms with van der Waals surface area (Å²) in [5.74, 6) is -0.748. The second-order valence-electron chi connectivity index (χ2n) is 6.74. The number of hydrogen-bond donors (Lipinski definition) is 0. The van der Waals surface area contributed by atoms with Gasteiger partial charge in [0.1, 0.15) is 0 Å². The minimum Gasteiger partial charge on any atom is -0.454 e. The molecule has 5 heteroatoms. The summed E-state index contributed by atoms with van der Waals surface area (Å²) >= 11 is 0. The predicted octanol–water partition coefficient (Wildman–Crippen LogP) is 4.06. The lowest BCUT2D eigenvalue weighted by molar-refractivity contribution is -0.136. The zero-order valence-electron chi connectivity index (χ0n) is 16.6. The lowest BCUT2D eigenvalue weighted by atomic mass is 10.1. The van der Waals surface area contributed by atoms with Gasteiger partial charge in [-0.05, 0) is 45.4 Å². The predicted molar refractivity (Wildman–Crippen MR) is 106 cm³/mol. The zero-order chi connectivity index (χ0) is 20.0. The Hall–Kier alpha value is -2.66. The third kappa shape index (κ3) is 5.41. The van der Waals surface area contributed by atoms with Gasteiger partial charge < -0.3 is 14.0 Å². The molecule has 1 aromatic heterocycles. The van der Waals surface area contributed by atoms with Crippen LogP contribution in [0.1, 0.15) is 45.8 Å². The third-order valence-electron chi connectivity index (χ3n) is 4.43. The summed E-state index contributed by atoms with van der Waals surface area (Å²) in [6, 6.07) is 9.72. The number of rotatable bonds is 8. The van der Waals surface area contributed by atoms with Crippen molar-refractivity contribution in [2.75, 3.05) is 20.3 Å². The summed E-state index contributed by atoms with van der Waals surface area (Å²) in [6.45, 7) is 8.15. The van der Waals surface area contributed by atoms with Crippen molar-refractivity contribution in [2.24, 2.45) is 0 Å². The molecule has 0 bridgehead atoms. The summed E-state index contributed by atoms with van der Waals surface area (Å²) in [5.41, 5.74) is 4.43. The molecule has 0 aliphatic heterocycles. The number of nitrogens with zero attached hydrogens (tertiary/aromatic N) is 1. The van der Waals surface area contributed by atoms with E-state index >= 15 is 0 Å². The number of carbonyl (C=O) groups is 2. The first-order valence-corrected chi connectivity index (χ1v) is 8.95. The molecule has 144 valence electrons. The Morgan fingerprint density at radius 3 is 2.59 bits per heavy atom. The van der Waals surface area contributed by atoms with Crippen molar-refractivity contribution in [3.63, 3.8) is 0 Å². The van der Waals surface area contributed by atoms with Crippen LogP contribution >= 0.6 is 0 Å². The Morgan fingerprint density at radius 1 is 1.19 bits per heavy atom. The third-order valence-corrected chi connectivity index (χ3v) is 4.43. The van der Waals surface area contributed by atoms with E-state index < -0.39 is 5.97 Å². The number of esters is 1. The number of aryl methyl sites for hydroxylation is 2. The first-order valence-electron chi connectivity index (χ1n) is 8.95.